The van der Waals surface area contributed by atoms with Crippen molar-refractivity contribution < 1.29 is 4.57 Å². The molecule has 3 heteroatoms. The van der Waals surface area contributed by atoms with Crippen molar-refractivity contribution in [2.75, 3.05) is 0 Å². The van der Waals surface area contributed by atoms with Gasteiger partial charge in [0.1, 0.15) is 0 Å². The Kier molecular flexibility index (Phi) is 7.03. The van der Waals surface area contributed by atoms with Crippen LogP contribution in [0.5, 0.6) is 0 Å². The molecule has 0 aliphatic carbocycles. The Hall–Kier alpha value is -2.41. The minimum atomic E-state index is -3.04. The zero-order chi connectivity index (χ0) is 19.8. The van der Waals surface area contributed by atoms with Gasteiger partial charge in [-0.15, -0.1) is 6.58 Å². The lowest BCUT2D eigenvalue weighted by Gasteiger charge is -2.37. The van der Waals surface area contributed by atoms with Crippen molar-refractivity contribution >= 4 is 17.9 Å². The highest BCUT2D eigenvalue weighted by molar-refractivity contribution is 7.76. The summed E-state index contributed by atoms with van der Waals surface area (Å²) in [7, 11) is -3.04. The molecule has 0 aliphatic rings. The molecule has 0 amide bonds. The van der Waals surface area contributed by atoms with Gasteiger partial charge in [0.25, 0.3) is 0 Å². The molecule has 0 saturated carbocycles. The summed E-state index contributed by atoms with van der Waals surface area (Å²) in [4.78, 5) is 0. The van der Waals surface area contributed by atoms with E-state index in [-0.39, 0.29) is 6.04 Å². The van der Waals surface area contributed by atoms with Gasteiger partial charge in [0.2, 0.25) is 7.29 Å². The van der Waals surface area contributed by atoms with Gasteiger partial charge in [-0.1, -0.05) is 86.2 Å². The van der Waals surface area contributed by atoms with Crippen LogP contribution in [-0.4, -0.2) is 10.7 Å². The van der Waals surface area contributed by atoms with Crippen molar-refractivity contribution in [1.29, 1.82) is 0 Å². The Labute approximate surface area is 169 Å². The molecule has 1 atom stereocenters. The molecule has 2 nitrogen and oxygen atoms in total. The lowest BCUT2D eigenvalue weighted by Crippen LogP contribution is -2.38. The average molecular weight is 389 g/mol. The van der Waals surface area contributed by atoms with E-state index in [1.54, 1.807) is 0 Å². The van der Waals surface area contributed by atoms with Crippen molar-refractivity contribution in [1.82, 2.24) is 4.67 Å². The highest BCUT2D eigenvalue weighted by Gasteiger charge is 2.37. The average Bonchev–Trinajstić information content (AvgIpc) is 2.77. The molecule has 0 bridgehead atoms. The summed E-state index contributed by atoms with van der Waals surface area (Å²) in [6, 6.07) is 30.0. The quantitative estimate of drug-likeness (QED) is 0.342. The summed E-state index contributed by atoms with van der Waals surface area (Å²) in [6.45, 7) is 6.85. The van der Waals surface area contributed by atoms with E-state index in [0.29, 0.717) is 6.54 Å². The SMILES string of the molecule is C=CC(CCC)N(Cc1ccccc1)P(=O)(c1ccccc1)c1ccccc1. The molecular weight excluding hydrogens is 361 g/mol. The normalized spacial score (nSPS) is 12.6. The fourth-order valence-electron chi connectivity index (χ4n) is 3.59. The number of benzene rings is 3. The molecule has 28 heavy (non-hydrogen) atoms. The summed E-state index contributed by atoms with van der Waals surface area (Å²) in [5.74, 6) is 0. The van der Waals surface area contributed by atoms with E-state index in [4.69, 9.17) is 0 Å². The molecule has 0 N–H and O–H groups in total. The first kappa shape index (κ1) is 20.3. The molecule has 0 radical (unpaired) electrons. The zero-order valence-corrected chi connectivity index (χ0v) is 17.3. The van der Waals surface area contributed by atoms with Crippen LogP contribution in [0.2, 0.25) is 0 Å². The molecule has 0 aromatic heterocycles. The maximum Gasteiger partial charge on any atom is 0.208 e. The van der Waals surface area contributed by atoms with Crippen LogP contribution < -0.4 is 10.6 Å². The lowest BCUT2D eigenvalue weighted by atomic mass is 10.1. The zero-order valence-electron chi connectivity index (χ0n) is 16.4. The lowest BCUT2D eigenvalue weighted by molar-refractivity contribution is 0.346. The highest BCUT2D eigenvalue weighted by atomic mass is 31.2. The third kappa shape index (κ3) is 4.35. The minimum Gasteiger partial charge on any atom is -0.296 e. The standard InChI is InChI=1S/C25H28NOP/c1-3-14-23(4-2)26(21-22-15-8-5-9-16-22)28(27,24-17-10-6-11-18-24)25-19-12-7-13-20-25/h4-13,15-20,23H,2-3,14,21H2,1H3. The van der Waals surface area contributed by atoms with Gasteiger partial charge in [0.05, 0.1) is 0 Å². The van der Waals surface area contributed by atoms with Crippen LogP contribution in [0, 0.1) is 0 Å². The fraction of sp³-hybridized carbons (Fsp3) is 0.200. The van der Waals surface area contributed by atoms with Gasteiger partial charge < -0.3 is 0 Å². The van der Waals surface area contributed by atoms with Gasteiger partial charge in [0.15, 0.2) is 0 Å². The molecule has 0 fully saturated rings. The number of hydrogen-bond donors (Lipinski definition) is 0. The summed E-state index contributed by atoms with van der Waals surface area (Å²) in [5, 5.41) is 1.72. The Morgan fingerprint density at radius 3 is 1.75 bits per heavy atom. The van der Waals surface area contributed by atoms with Crippen LogP contribution in [0.25, 0.3) is 0 Å². The van der Waals surface area contributed by atoms with E-state index in [1.807, 2.05) is 84.9 Å². The molecule has 0 aliphatic heterocycles. The topological polar surface area (TPSA) is 20.3 Å². The second kappa shape index (κ2) is 9.68. The summed E-state index contributed by atoms with van der Waals surface area (Å²) in [6.07, 6.45) is 3.87. The van der Waals surface area contributed by atoms with E-state index >= 15 is 0 Å². The minimum absolute atomic E-state index is 0.0245. The molecule has 3 aromatic rings. The van der Waals surface area contributed by atoms with E-state index in [9.17, 15) is 4.57 Å². The summed E-state index contributed by atoms with van der Waals surface area (Å²) < 4.78 is 17.0. The van der Waals surface area contributed by atoms with Gasteiger partial charge in [-0.25, -0.2) is 4.67 Å². The predicted molar refractivity (Wildman–Crippen MR) is 121 cm³/mol. The number of rotatable bonds is 9. The van der Waals surface area contributed by atoms with E-state index < -0.39 is 7.29 Å². The first-order chi connectivity index (χ1) is 13.7. The Morgan fingerprint density at radius 2 is 1.32 bits per heavy atom. The molecule has 3 aromatic carbocycles. The highest BCUT2D eigenvalue weighted by Crippen LogP contribution is 2.50. The van der Waals surface area contributed by atoms with Gasteiger partial charge in [-0.3, -0.25) is 4.57 Å². The molecule has 0 heterocycles. The van der Waals surface area contributed by atoms with Gasteiger partial charge in [-0.05, 0) is 36.2 Å². The molecule has 1 unspecified atom stereocenters. The van der Waals surface area contributed by atoms with Crippen LogP contribution in [-0.2, 0) is 11.1 Å². The van der Waals surface area contributed by atoms with Crippen molar-refractivity contribution in [2.45, 2.75) is 32.4 Å². The molecule has 144 valence electrons. The van der Waals surface area contributed by atoms with Crippen LogP contribution in [0.4, 0.5) is 0 Å². The number of nitrogens with zero attached hydrogens (tertiary/aromatic N) is 1. The molecule has 3 rings (SSSR count). The maximum atomic E-state index is 14.9. The second-order valence-corrected chi connectivity index (χ2v) is 9.62. The molecule has 0 saturated heterocycles. The second-order valence-electron chi connectivity index (χ2n) is 6.92. The Balaban J connectivity index is 2.18. The van der Waals surface area contributed by atoms with Crippen LogP contribution in [0.15, 0.2) is 104 Å². The third-order valence-electron chi connectivity index (χ3n) is 5.00. The smallest absolute Gasteiger partial charge is 0.208 e. The first-order valence-electron chi connectivity index (χ1n) is 9.85. The monoisotopic (exact) mass is 389 g/mol. The number of hydrogen-bond acceptors (Lipinski definition) is 1. The van der Waals surface area contributed by atoms with E-state index in [2.05, 4.69) is 30.3 Å². The van der Waals surface area contributed by atoms with Gasteiger partial charge in [0, 0.05) is 23.2 Å². The summed E-state index contributed by atoms with van der Waals surface area (Å²) >= 11 is 0. The Morgan fingerprint density at radius 1 is 0.857 bits per heavy atom. The third-order valence-corrected chi connectivity index (χ3v) is 8.16. The fourth-order valence-corrected chi connectivity index (χ4v) is 6.62. The predicted octanol–water partition coefficient (Wildman–Crippen LogP) is 5.77. The maximum absolute atomic E-state index is 14.9. The van der Waals surface area contributed by atoms with Gasteiger partial charge >= 0.3 is 0 Å². The van der Waals surface area contributed by atoms with E-state index in [0.717, 1.165) is 29.0 Å². The Bertz CT molecular complexity index is 866. The van der Waals surface area contributed by atoms with Gasteiger partial charge in [-0.2, -0.15) is 0 Å². The van der Waals surface area contributed by atoms with Crippen molar-refractivity contribution in [3.63, 3.8) is 0 Å². The van der Waals surface area contributed by atoms with Crippen LogP contribution in [0.3, 0.4) is 0 Å². The van der Waals surface area contributed by atoms with Crippen molar-refractivity contribution in [2.24, 2.45) is 0 Å². The molecule has 0 spiro atoms. The summed E-state index contributed by atoms with van der Waals surface area (Å²) in [5.41, 5.74) is 1.15. The van der Waals surface area contributed by atoms with Crippen LogP contribution in [0.1, 0.15) is 25.3 Å². The van der Waals surface area contributed by atoms with Crippen LogP contribution >= 0.6 is 7.29 Å². The van der Waals surface area contributed by atoms with Crippen molar-refractivity contribution in [3.8, 4) is 0 Å². The largest absolute Gasteiger partial charge is 0.296 e. The van der Waals surface area contributed by atoms with E-state index in [1.165, 1.54) is 0 Å². The van der Waals surface area contributed by atoms with Crippen molar-refractivity contribution in [3.05, 3.63) is 109 Å². The molecular formula is C25H28NOP. The first-order valence-corrected chi connectivity index (χ1v) is 11.5.